The Morgan fingerprint density at radius 3 is 2.06 bits per heavy atom. The van der Waals surface area contributed by atoms with Crippen molar-refractivity contribution in [2.45, 2.75) is 18.1 Å². The summed E-state index contributed by atoms with van der Waals surface area (Å²) in [5.74, 6) is 0. The molecule has 1 aromatic rings. The third kappa shape index (κ3) is 4.13. The summed E-state index contributed by atoms with van der Waals surface area (Å²) in [6.45, 7) is 1.49. The van der Waals surface area contributed by atoms with E-state index in [2.05, 4.69) is 4.98 Å². The van der Waals surface area contributed by atoms with E-state index in [9.17, 15) is 8.42 Å². The Bertz CT molecular complexity index is 467. The van der Waals surface area contributed by atoms with E-state index in [-0.39, 0.29) is 0 Å². The lowest BCUT2D eigenvalue weighted by molar-refractivity contribution is 0.452. The quantitative estimate of drug-likeness (QED) is 0.779. The summed E-state index contributed by atoms with van der Waals surface area (Å²) in [6, 6.07) is 5.72. The van der Waals surface area contributed by atoms with Crippen LogP contribution in [-0.4, -0.2) is 22.7 Å². The number of aromatic nitrogens is 1. The highest BCUT2D eigenvalue weighted by atomic mass is 32.2. The van der Waals surface area contributed by atoms with Gasteiger partial charge in [0, 0.05) is 12.4 Å². The van der Waals surface area contributed by atoms with Crippen molar-refractivity contribution in [3.05, 3.63) is 54.9 Å². The van der Waals surface area contributed by atoms with Gasteiger partial charge < -0.3 is 0 Å². The third-order valence-electron chi connectivity index (χ3n) is 2.37. The molecule has 2 rings (SSSR count). The van der Waals surface area contributed by atoms with Gasteiger partial charge in [-0.1, -0.05) is 30.4 Å². The van der Waals surface area contributed by atoms with Crippen molar-refractivity contribution < 1.29 is 13.0 Å². The summed E-state index contributed by atoms with van der Waals surface area (Å²) in [7, 11) is -3.96. The van der Waals surface area contributed by atoms with Gasteiger partial charge in [0.2, 0.25) is 0 Å². The highest BCUT2D eigenvalue weighted by Crippen LogP contribution is 2.25. The van der Waals surface area contributed by atoms with E-state index in [1.165, 1.54) is 13.0 Å². The molecule has 92 valence electrons. The second-order valence-electron chi connectivity index (χ2n) is 3.80. The van der Waals surface area contributed by atoms with E-state index in [1.807, 2.05) is 18.2 Å². The predicted octanol–water partition coefficient (Wildman–Crippen LogP) is 2.23. The fourth-order valence-electron chi connectivity index (χ4n) is 1.21. The van der Waals surface area contributed by atoms with Crippen molar-refractivity contribution >= 4 is 10.1 Å². The molecule has 1 atom stereocenters. The smallest absolute Gasteiger partial charge is 0.274 e. The van der Waals surface area contributed by atoms with E-state index >= 15 is 0 Å². The van der Waals surface area contributed by atoms with Gasteiger partial charge in [-0.3, -0.25) is 9.54 Å². The topological polar surface area (TPSA) is 67.3 Å². The maximum Gasteiger partial charge on any atom is 0.274 e. The lowest BCUT2D eigenvalue weighted by Crippen LogP contribution is -2.32. The third-order valence-corrected chi connectivity index (χ3v) is 3.86. The molecular formula is C12H15NO3S. The van der Waals surface area contributed by atoms with Gasteiger partial charge in [0.25, 0.3) is 10.1 Å². The highest BCUT2D eigenvalue weighted by molar-refractivity contribution is 7.87. The summed E-state index contributed by atoms with van der Waals surface area (Å²) in [4.78, 5) is 3.78. The normalized spacial score (nSPS) is 22.7. The fourth-order valence-corrected chi connectivity index (χ4v) is 1.77. The van der Waals surface area contributed by atoms with Crippen LogP contribution < -0.4 is 0 Å². The molecule has 0 radical (unpaired) electrons. The fraction of sp³-hybridized carbons (Fsp3) is 0.250. The van der Waals surface area contributed by atoms with Crippen LogP contribution in [0.1, 0.15) is 13.3 Å². The molecule has 0 fully saturated rings. The zero-order valence-electron chi connectivity index (χ0n) is 9.52. The molecule has 5 heteroatoms. The molecule has 0 saturated heterocycles. The Hall–Kier alpha value is -1.46. The van der Waals surface area contributed by atoms with Gasteiger partial charge in [0.1, 0.15) is 4.75 Å². The zero-order valence-corrected chi connectivity index (χ0v) is 10.3. The summed E-state index contributed by atoms with van der Waals surface area (Å²) in [5.41, 5.74) is 0. The Kier molecular flexibility index (Phi) is 4.60. The Balaban J connectivity index is 0.000000202. The van der Waals surface area contributed by atoms with Crippen LogP contribution in [0.15, 0.2) is 54.9 Å². The maximum absolute atomic E-state index is 10.8. The van der Waals surface area contributed by atoms with Gasteiger partial charge in [0.15, 0.2) is 0 Å². The van der Waals surface area contributed by atoms with Gasteiger partial charge >= 0.3 is 0 Å². The molecule has 0 spiro atoms. The van der Waals surface area contributed by atoms with Gasteiger partial charge in [-0.2, -0.15) is 8.42 Å². The van der Waals surface area contributed by atoms with Crippen LogP contribution in [0.2, 0.25) is 0 Å². The summed E-state index contributed by atoms with van der Waals surface area (Å²) in [6.07, 6.45) is 10.4. The van der Waals surface area contributed by atoms with Gasteiger partial charge in [-0.25, -0.2) is 0 Å². The molecule has 0 amide bonds. The highest BCUT2D eigenvalue weighted by Gasteiger charge is 2.34. The van der Waals surface area contributed by atoms with Crippen molar-refractivity contribution in [1.29, 1.82) is 0 Å². The predicted molar refractivity (Wildman–Crippen MR) is 67.1 cm³/mol. The Morgan fingerprint density at radius 2 is 1.82 bits per heavy atom. The first kappa shape index (κ1) is 13.6. The van der Waals surface area contributed by atoms with E-state index in [0.29, 0.717) is 6.42 Å². The largest absolute Gasteiger partial charge is 0.285 e. The Morgan fingerprint density at radius 1 is 1.18 bits per heavy atom. The standard InChI is InChI=1S/C7H10O3S.C5H5N/c1-7(11(8,9)10)5-3-2-4-6-7;1-2-4-6-5-3-1/h2-5H,6H2,1H3,(H,8,9,10);1-5H. The van der Waals surface area contributed by atoms with E-state index in [0.717, 1.165) is 0 Å². The number of hydrogen-bond donors (Lipinski definition) is 1. The SMILES string of the molecule is CC1(S(=O)(=O)O)C=CC=CC1.c1ccncc1. The van der Waals surface area contributed by atoms with Crippen LogP contribution in [0.3, 0.4) is 0 Å². The minimum absolute atomic E-state index is 0.336. The monoisotopic (exact) mass is 253 g/mol. The first-order chi connectivity index (χ1) is 7.96. The average molecular weight is 253 g/mol. The van der Waals surface area contributed by atoms with E-state index in [4.69, 9.17) is 4.55 Å². The first-order valence-corrected chi connectivity index (χ1v) is 6.56. The molecular weight excluding hydrogens is 238 g/mol. The minimum atomic E-state index is -3.96. The molecule has 1 aliphatic rings. The molecule has 4 nitrogen and oxygen atoms in total. The zero-order chi connectivity index (χ0) is 12.8. The molecule has 0 aliphatic heterocycles. The summed E-state index contributed by atoms with van der Waals surface area (Å²) in [5, 5.41) is 0. The lowest BCUT2D eigenvalue weighted by atomic mass is 10.0. The van der Waals surface area contributed by atoms with Crippen LogP contribution in [-0.2, 0) is 10.1 Å². The van der Waals surface area contributed by atoms with Crippen LogP contribution in [0.25, 0.3) is 0 Å². The minimum Gasteiger partial charge on any atom is -0.285 e. The summed E-state index contributed by atoms with van der Waals surface area (Å²) >= 11 is 0. The second kappa shape index (κ2) is 5.75. The van der Waals surface area contributed by atoms with Crippen molar-refractivity contribution in [2.75, 3.05) is 0 Å². The van der Waals surface area contributed by atoms with Crippen molar-refractivity contribution in [1.82, 2.24) is 4.98 Å². The van der Waals surface area contributed by atoms with E-state index < -0.39 is 14.9 Å². The van der Waals surface area contributed by atoms with Crippen LogP contribution in [0.4, 0.5) is 0 Å². The second-order valence-corrected chi connectivity index (χ2v) is 5.69. The van der Waals surface area contributed by atoms with Crippen molar-refractivity contribution in [2.24, 2.45) is 0 Å². The number of allylic oxidation sites excluding steroid dienone is 3. The van der Waals surface area contributed by atoms with Gasteiger partial charge in [-0.05, 0) is 25.5 Å². The Labute approximate surface area is 101 Å². The number of pyridine rings is 1. The van der Waals surface area contributed by atoms with Crippen molar-refractivity contribution in [3.8, 4) is 0 Å². The molecule has 0 aromatic carbocycles. The lowest BCUT2D eigenvalue weighted by Gasteiger charge is -2.21. The molecule has 1 aliphatic carbocycles. The summed E-state index contributed by atoms with van der Waals surface area (Å²) < 4.78 is 29.2. The molecule has 1 N–H and O–H groups in total. The van der Waals surface area contributed by atoms with Crippen LogP contribution >= 0.6 is 0 Å². The number of hydrogen-bond acceptors (Lipinski definition) is 3. The van der Waals surface area contributed by atoms with Gasteiger partial charge in [0.05, 0.1) is 0 Å². The first-order valence-electron chi connectivity index (χ1n) is 5.12. The molecule has 17 heavy (non-hydrogen) atoms. The van der Waals surface area contributed by atoms with Gasteiger partial charge in [-0.15, -0.1) is 0 Å². The van der Waals surface area contributed by atoms with Crippen molar-refractivity contribution in [3.63, 3.8) is 0 Å². The molecule has 0 saturated carbocycles. The van der Waals surface area contributed by atoms with Crippen LogP contribution in [0, 0.1) is 0 Å². The average Bonchev–Trinajstić information content (AvgIpc) is 2.32. The maximum atomic E-state index is 10.8. The molecule has 1 unspecified atom stereocenters. The number of rotatable bonds is 1. The molecule has 0 bridgehead atoms. The van der Waals surface area contributed by atoms with E-state index in [1.54, 1.807) is 30.6 Å². The molecule has 1 heterocycles. The molecule has 1 aromatic heterocycles. The number of nitrogens with zero attached hydrogens (tertiary/aromatic N) is 1. The van der Waals surface area contributed by atoms with Crippen LogP contribution in [0.5, 0.6) is 0 Å².